The van der Waals surface area contributed by atoms with E-state index >= 15 is 0 Å². The summed E-state index contributed by atoms with van der Waals surface area (Å²) in [6.07, 6.45) is 3.89. The Morgan fingerprint density at radius 2 is 2.38 bits per heavy atom. The summed E-state index contributed by atoms with van der Waals surface area (Å²) in [5, 5.41) is 13.4. The van der Waals surface area contributed by atoms with Crippen LogP contribution in [-0.4, -0.2) is 21.8 Å². The maximum Gasteiger partial charge on any atom is 0.256 e. The molecule has 2 rings (SSSR count). The fourth-order valence-corrected chi connectivity index (χ4v) is 2.32. The van der Waals surface area contributed by atoms with Crippen LogP contribution >= 0.6 is 0 Å². The number of aliphatic hydroxyl groups excluding tert-OH is 1. The third-order valence-corrected chi connectivity index (χ3v) is 3.27. The van der Waals surface area contributed by atoms with Crippen LogP contribution in [0.4, 0.5) is 0 Å². The van der Waals surface area contributed by atoms with Gasteiger partial charge in [0, 0.05) is 12.5 Å². The summed E-state index contributed by atoms with van der Waals surface area (Å²) in [5.41, 5.74) is 5.34. The van der Waals surface area contributed by atoms with E-state index < -0.39 is 6.10 Å². The zero-order valence-corrected chi connectivity index (χ0v) is 9.59. The zero-order valence-electron chi connectivity index (χ0n) is 9.59. The molecule has 3 N–H and O–H groups in total. The highest BCUT2D eigenvalue weighted by Crippen LogP contribution is 2.34. The average molecular weight is 225 g/mol. The van der Waals surface area contributed by atoms with E-state index in [-0.39, 0.29) is 12.4 Å². The van der Waals surface area contributed by atoms with Crippen molar-refractivity contribution in [2.75, 3.05) is 6.54 Å². The van der Waals surface area contributed by atoms with Gasteiger partial charge in [0.2, 0.25) is 0 Å². The van der Waals surface area contributed by atoms with Gasteiger partial charge in [0.05, 0.1) is 0 Å². The third kappa shape index (κ3) is 2.41. The van der Waals surface area contributed by atoms with E-state index in [1.807, 2.05) is 0 Å². The van der Waals surface area contributed by atoms with Gasteiger partial charge < -0.3 is 15.4 Å². The van der Waals surface area contributed by atoms with Crippen LogP contribution in [0.5, 0.6) is 0 Å². The molecule has 5 heteroatoms. The van der Waals surface area contributed by atoms with E-state index in [9.17, 15) is 5.11 Å². The lowest BCUT2D eigenvalue weighted by molar-refractivity contribution is 0.141. The van der Waals surface area contributed by atoms with Gasteiger partial charge in [-0.1, -0.05) is 24.9 Å². The third-order valence-electron chi connectivity index (χ3n) is 3.27. The Hall–Kier alpha value is -0.940. The second kappa shape index (κ2) is 4.93. The van der Waals surface area contributed by atoms with E-state index in [0.717, 1.165) is 24.6 Å². The molecule has 1 heterocycles. The summed E-state index contributed by atoms with van der Waals surface area (Å²) in [6.45, 7) is 2.37. The van der Waals surface area contributed by atoms with Crippen LogP contribution in [0.1, 0.15) is 56.3 Å². The van der Waals surface area contributed by atoms with Gasteiger partial charge >= 0.3 is 0 Å². The number of aliphatic hydroxyl groups is 1. The van der Waals surface area contributed by atoms with Gasteiger partial charge in [-0.25, -0.2) is 0 Å². The molecule has 0 radical (unpaired) electrons. The minimum absolute atomic E-state index is 0.114. The van der Waals surface area contributed by atoms with Gasteiger partial charge in [0.15, 0.2) is 5.82 Å². The first-order valence-corrected chi connectivity index (χ1v) is 5.92. The normalized spacial score (nSPS) is 27.9. The maximum atomic E-state index is 9.47. The Bertz CT molecular complexity index is 340. The molecule has 0 aromatic carbocycles. The first kappa shape index (κ1) is 11.5. The molecule has 2 unspecified atom stereocenters. The van der Waals surface area contributed by atoms with Crippen LogP contribution in [0.15, 0.2) is 4.52 Å². The highest BCUT2D eigenvalue weighted by molar-refractivity contribution is 4.99. The van der Waals surface area contributed by atoms with Crippen LogP contribution in [0.25, 0.3) is 0 Å². The molecule has 0 aliphatic heterocycles. The zero-order chi connectivity index (χ0) is 11.5. The smallest absolute Gasteiger partial charge is 0.256 e. The summed E-state index contributed by atoms with van der Waals surface area (Å²) in [7, 11) is 0. The summed E-state index contributed by atoms with van der Waals surface area (Å²) in [4.78, 5) is 4.23. The predicted octanol–water partition coefficient (Wildman–Crippen LogP) is 1.36. The quantitative estimate of drug-likeness (QED) is 0.811. The van der Waals surface area contributed by atoms with Crippen LogP contribution in [-0.2, 0) is 0 Å². The van der Waals surface area contributed by atoms with Crippen LogP contribution in [0.2, 0.25) is 0 Å². The standard InChI is InChI=1S/C11H19N3O2/c1-7-3-2-4-8(5-7)10-13-11(16-14-10)9(15)6-12/h7-9,15H,2-6,12H2,1H3/t7?,8?,9-/m0/s1. The molecule has 5 nitrogen and oxygen atoms in total. The SMILES string of the molecule is CC1CCCC(c2noc([C@@H](O)CN)n2)C1. The molecule has 1 aromatic rings. The molecule has 0 saturated heterocycles. The van der Waals surface area contributed by atoms with Gasteiger partial charge in [-0.05, 0) is 18.8 Å². The van der Waals surface area contributed by atoms with Crippen LogP contribution in [0.3, 0.4) is 0 Å². The Labute approximate surface area is 95.0 Å². The fourth-order valence-electron chi connectivity index (χ4n) is 2.32. The Morgan fingerprint density at radius 3 is 3.06 bits per heavy atom. The monoisotopic (exact) mass is 225 g/mol. The van der Waals surface area contributed by atoms with Gasteiger partial charge in [-0.15, -0.1) is 0 Å². The van der Waals surface area contributed by atoms with E-state index in [2.05, 4.69) is 17.1 Å². The number of rotatable bonds is 3. The molecule has 0 spiro atoms. The van der Waals surface area contributed by atoms with Gasteiger partial charge in [-0.3, -0.25) is 0 Å². The molecule has 1 aliphatic carbocycles. The van der Waals surface area contributed by atoms with Crippen molar-refractivity contribution >= 4 is 0 Å². The second-order valence-corrected chi connectivity index (χ2v) is 4.71. The van der Waals surface area contributed by atoms with Crippen molar-refractivity contribution < 1.29 is 9.63 Å². The lowest BCUT2D eigenvalue weighted by Gasteiger charge is -2.23. The van der Waals surface area contributed by atoms with Gasteiger partial charge in [0.25, 0.3) is 5.89 Å². The predicted molar refractivity (Wildman–Crippen MR) is 58.7 cm³/mol. The van der Waals surface area contributed by atoms with Crippen molar-refractivity contribution in [3.8, 4) is 0 Å². The molecule has 1 aliphatic rings. The van der Waals surface area contributed by atoms with Crippen molar-refractivity contribution in [3.05, 3.63) is 11.7 Å². The van der Waals surface area contributed by atoms with Crippen LogP contribution < -0.4 is 5.73 Å². The topological polar surface area (TPSA) is 85.2 Å². The summed E-state index contributed by atoms with van der Waals surface area (Å²) >= 11 is 0. The molecule has 90 valence electrons. The molecule has 0 amide bonds. The Balaban J connectivity index is 2.06. The van der Waals surface area contributed by atoms with E-state index in [0.29, 0.717) is 5.92 Å². The van der Waals surface area contributed by atoms with Crippen LogP contribution in [0, 0.1) is 5.92 Å². The Morgan fingerprint density at radius 1 is 1.56 bits per heavy atom. The van der Waals surface area contributed by atoms with E-state index in [1.54, 1.807) is 0 Å². The number of nitrogens with zero attached hydrogens (tertiary/aromatic N) is 2. The minimum Gasteiger partial charge on any atom is -0.382 e. The van der Waals surface area contributed by atoms with Gasteiger partial charge in [0.1, 0.15) is 6.10 Å². The van der Waals surface area contributed by atoms with E-state index in [1.165, 1.54) is 12.8 Å². The number of nitrogens with two attached hydrogens (primary N) is 1. The highest BCUT2D eigenvalue weighted by Gasteiger charge is 2.25. The maximum absolute atomic E-state index is 9.47. The van der Waals surface area contributed by atoms with E-state index in [4.69, 9.17) is 10.3 Å². The lowest BCUT2D eigenvalue weighted by Crippen LogP contribution is -2.14. The Kier molecular flexibility index (Phi) is 3.56. The van der Waals surface area contributed by atoms with Crippen molar-refractivity contribution in [2.45, 2.75) is 44.6 Å². The summed E-state index contributed by atoms with van der Waals surface area (Å²) < 4.78 is 5.01. The van der Waals surface area contributed by atoms with Crippen molar-refractivity contribution in [1.82, 2.24) is 10.1 Å². The number of hydrogen-bond acceptors (Lipinski definition) is 5. The molecule has 0 bridgehead atoms. The first-order valence-electron chi connectivity index (χ1n) is 5.92. The first-order chi connectivity index (χ1) is 7.70. The lowest BCUT2D eigenvalue weighted by atomic mass is 9.82. The summed E-state index contributed by atoms with van der Waals surface area (Å²) in [6, 6.07) is 0. The second-order valence-electron chi connectivity index (χ2n) is 4.71. The van der Waals surface area contributed by atoms with Crippen molar-refractivity contribution in [1.29, 1.82) is 0 Å². The molecule has 16 heavy (non-hydrogen) atoms. The number of aromatic nitrogens is 2. The van der Waals surface area contributed by atoms with Crippen molar-refractivity contribution in [3.63, 3.8) is 0 Å². The minimum atomic E-state index is -0.831. The molecule has 3 atom stereocenters. The molecular weight excluding hydrogens is 206 g/mol. The molecular formula is C11H19N3O2. The number of hydrogen-bond donors (Lipinski definition) is 2. The molecule has 1 saturated carbocycles. The average Bonchev–Trinajstić information content (AvgIpc) is 2.77. The largest absolute Gasteiger partial charge is 0.382 e. The molecule has 1 aromatic heterocycles. The fraction of sp³-hybridized carbons (Fsp3) is 0.818. The molecule has 1 fully saturated rings. The van der Waals surface area contributed by atoms with Gasteiger partial charge in [-0.2, -0.15) is 4.98 Å². The van der Waals surface area contributed by atoms with Crippen molar-refractivity contribution in [2.24, 2.45) is 11.7 Å². The highest BCUT2D eigenvalue weighted by atomic mass is 16.5. The summed E-state index contributed by atoms with van der Waals surface area (Å²) in [5.74, 6) is 2.08.